The standard InChI is InChI=1S/C15H18O4/c1-3-10(15(17)18-4-2)14(16)12-9-19-13-8-6-5-7-11(12)13/h5-8,10,12H,3-4,9H2,1-2H3. The minimum Gasteiger partial charge on any atom is -0.492 e. The van der Waals surface area contributed by atoms with Gasteiger partial charge in [0.1, 0.15) is 18.3 Å². The maximum atomic E-state index is 12.5. The van der Waals surface area contributed by atoms with E-state index in [4.69, 9.17) is 9.47 Å². The molecule has 1 aromatic carbocycles. The third kappa shape index (κ3) is 2.62. The highest BCUT2D eigenvalue weighted by Gasteiger charge is 2.37. The van der Waals surface area contributed by atoms with Gasteiger partial charge in [-0.15, -0.1) is 0 Å². The Morgan fingerprint density at radius 1 is 1.37 bits per heavy atom. The quantitative estimate of drug-likeness (QED) is 0.603. The van der Waals surface area contributed by atoms with Crippen LogP contribution in [-0.4, -0.2) is 25.0 Å². The number of carbonyl (C=O) groups is 2. The Bertz CT molecular complexity index is 481. The molecule has 0 bridgehead atoms. The van der Waals surface area contributed by atoms with Crippen LogP contribution in [0.5, 0.6) is 5.75 Å². The van der Waals surface area contributed by atoms with Crippen LogP contribution in [0.25, 0.3) is 0 Å². The fraction of sp³-hybridized carbons (Fsp3) is 0.467. The maximum absolute atomic E-state index is 12.5. The predicted octanol–water partition coefficient (Wildman–Crippen LogP) is 2.32. The van der Waals surface area contributed by atoms with Crippen molar-refractivity contribution in [2.45, 2.75) is 26.2 Å². The first-order chi connectivity index (χ1) is 9.19. The Balaban J connectivity index is 2.18. The van der Waals surface area contributed by atoms with Gasteiger partial charge in [0.2, 0.25) is 0 Å². The largest absolute Gasteiger partial charge is 0.492 e. The Labute approximate surface area is 112 Å². The van der Waals surface area contributed by atoms with Crippen LogP contribution in [0.2, 0.25) is 0 Å². The molecule has 19 heavy (non-hydrogen) atoms. The number of rotatable bonds is 5. The van der Waals surface area contributed by atoms with Gasteiger partial charge in [-0.2, -0.15) is 0 Å². The fourth-order valence-electron chi connectivity index (χ4n) is 2.37. The van der Waals surface area contributed by atoms with Crippen molar-refractivity contribution in [1.82, 2.24) is 0 Å². The maximum Gasteiger partial charge on any atom is 0.316 e. The van der Waals surface area contributed by atoms with Gasteiger partial charge < -0.3 is 9.47 Å². The second-order valence-corrected chi connectivity index (χ2v) is 4.52. The van der Waals surface area contributed by atoms with E-state index in [1.54, 1.807) is 6.92 Å². The number of esters is 1. The normalized spacial score (nSPS) is 18.3. The molecule has 0 saturated carbocycles. The summed E-state index contributed by atoms with van der Waals surface area (Å²) in [5, 5.41) is 0. The van der Waals surface area contributed by atoms with E-state index in [9.17, 15) is 9.59 Å². The second-order valence-electron chi connectivity index (χ2n) is 4.52. The van der Waals surface area contributed by atoms with E-state index >= 15 is 0 Å². The van der Waals surface area contributed by atoms with Gasteiger partial charge in [-0.3, -0.25) is 9.59 Å². The number of Topliss-reactive ketones (excluding diaryl/α,β-unsaturated/α-hetero) is 1. The lowest BCUT2D eigenvalue weighted by Gasteiger charge is -2.16. The molecule has 1 aliphatic heterocycles. The van der Waals surface area contributed by atoms with Crippen molar-refractivity contribution < 1.29 is 19.1 Å². The SMILES string of the molecule is CCOC(=O)C(CC)C(=O)C1COc2ccccc21. The van der Waals surface area contributed by atoms with Gasteiger partial charge in [0, 0.05) is 5.56 Å². The molecule has 1 heterocycles. The summed E-state index contributed by atoms with van der Waals surface area (Å²) in [4.78, 5) is 24.3. The van der Waals surface area contributed by atoms with Gasteiger partial charge >= 0.3 is 5.97 Å². The second kappa shape index (κ2) is 5.87. The van der Waals surface area contributed by atoms with Gasteiger partial charge in [-0.1, -0.05) is 25.1 Å². The number of ether oxygens (including phenoxy) is 2. The molecule has 0 radical (unpaired) electrons. The first-order valence-corrected chi connectivity index (χ1v) is 6.61. The lowest BCUT2D eigenvalue weighted by molar-refractivity contribution is -0.152. The van der Waals surface area contributed by atoms with E-state index in [0.717, 1.165) is 11.3 Å². The molecule has 2 unspecified atom stereocenters. The minimum absolute atomic E-state index is 0.106. The highest BCUT2D eigenvalue weighted by atomic mass is 16.5. The third-order valence-corrected chi connectivity index (χ3v) is 3.37. The van der Waals surface area contributed by atoms with Gasteiger partial charge in [-0.05, 0) is 19.4 Å². The summed E-state index contributed by atoms with van der Waals surface area (Å²) in [6, 6.07) is 7.46. The van der Waals surface area contributed by atoms with Crippen LogP contribution in [0.15, 0.2) is 24.3 Å². The number of hydrogen-bond donors (Lipinski definition) is 0. The van der Waals surface area contributed by atoms with E-state index in [0.29, 0.717) is 19.6 Å². The van der Waals surface area contributed by atoms with Crippen molar-refractivity contribution >= 4 is 11.8 Å². The van der Waals surface area contributed by atoms with Crippen LogP contribution < -0.4 is 4.74 Å². The lowest BCUT2D eigenvalue weighted by Crippen LogP contribution is -2.30. The summed E-state index contributed by atoms with van der Waals surface area (Å²) in [6.45, 7) is 4.17. The summed E-state index contributed by atoms with van der Waals surface area (Å²) >= 11 is 0. The topological polar surface area (TPSA) is 52.6 Å². The molecular weight excluding hydrogens is 244 g/mol. The van der Waals surface area contributed by atoms with Crippen molar-refractivity contribution in [1.29, 1.82) is 0 Å². The van der Waals surface area contributed by atoms with Gasteiger partial charge in [0.05, 0.1) is 12.5 Å². The summed E-state index contributed by atoms with van der Waals surface area (Å²) in [5.74, 6) is -0.852. The highest BCUT2D eigenvalue weighted by Crippen LogP contribution is 2.36. The van der Waals surface area contributed by atoms with Gasteiger partial charge in [0.15, 0.2) is 5.78 Å². The monoisotopic (exact) mass is 262 g/mol. The van der Waals surface area contributed by atoms with Crippen LogP contribution >= 0.6 is 0 Å². The smallest absolute Gasteiger partial charge is 0.316 e. The zero-order valence-corrected chi connectivity index (χ0v) is 11.2. The van der Waals surface area contributed by atoms with E-state index < -0.39 is 11.9 Å². The molecule has 2 rings (SSSR count). The zero-order valence-electron chi connectivity index (χ0n) is 11.2. The van der Waals surface area contributed by atoms with Crippen LogP contribution in [0.3, 0.4) is 0 Å². The number of benzene rings is 1. The number of carbonyl (C=O) groups excluding carboxylic acids is 2. The molecule has 4 nitrogen and oxygen atoms in total. The summed E-state index contributed by atoms with van der Waals surface area (Å²) in [7, 11) is 0. The molecule has 4 heteroatoms. The molecule has 0 N–H and O–H groups in total. The van der Waals surface area contributed by atoms with Crippen LogP contribution in [0.1, 0.15) is 31.7 Å². The molecule has 1 aromatic rings. The Morgan fingerprint density at radius 2 is 2.11 bits per heavy atom. The predicted molar refractivity (Wildman–Crippen MR) is 70.1 cm³/mol. The van der Waals surface area contributed by atoms with E-state index in [2.05, 4.69) is 0 Å². The van der Waals surface area contributed by atoms with Crippen LogP contribution in [0.4, 0.5) is 0 Å². The minimum atomic E-state index is -0.695. The summed E-state index contributed by atoms with van der Waals surface area (Å²) in [5.41, 5.74) is 0.871. The molecule has 1 aliphatic rings. The molecule has 0 spiro atoms. The summed E-state index contributed by atoms with van der Waals surface area (Å²) in [6.07, 6.45) is 0.455. The average Bonchev–Trinajstić information content (AvgIpc) is 2.83. The molecule has 0 saturated heterocycles. The van der Waals surface area contributed by atoms with Crippen molar-refractivity contribution in [3.63, 3.8) is 0 Å². The number of hydrogen-bond acceptors (Lipinski definition) is 4. The first kappa shape index (κ1) is 13.6. The molecule has 0 aromatic heterocycles. The lowest BCUT2D eigenvalue weighted by atomic mass is 9.87. The molecule has 0 aliphatic carbocycles. The number of para-hydroxylation sites is 1. The van der Waals surface area contributed by atoms with E-state index in [1.165, 1.54) is 0 Å². The van der Waals surface area contributed by atoms with Crippen molar-refractivity contribution in [3.8, 4) is 5.75 Å². The van der Waals surface area contributed by atoms with Crippen molar-refractivity contribution in [2.75, 3.05) is 13.2 Å². The van der Waals surface area contributed by atoms with Crippen LogP contribution in [-0.2, 0) is 14.3 Å². The zero-order chi connectivity index (χ0) is 13.8. The molecule has 2 atom stereocenters. The van der Waals surface area contributed by atoms with E-state index in [-0.39, 0.29) is 11.7 Å². The fourth-order valence-corrected chi connectivity index (χ4v) is 2.37. The Hall–Kier alpha value is -1.84. The van der Waals surface area contributed by atoms with Crippen LogP contribution in [0, 0.1) is 5.92 Å². The number of fused-ring (bicyclic) bond motifs is 1. The first-order valence-electron chi connectivity index (χ1n) is 6.61. The van der Waals surface area contributed by atoms with Crippen molar-refractivity contribution in [3.05, 3.63) is 29.8 Å². The molecular formula is C15H18O4. The molecule has 0 fully saturated rings. The molecule has 102 valence electrons. The molecule has 0 amide bonds. The van der Waals surface area contributed by atoms with E-state index in [1.807, 2.05) is 31.2 Å². The summed E-state index contributed by atoms with van der Waals surface area (Å²) < 4.78 is 10.5. The van der Waals surface area contributed by atoms with Gasteiger partial charge in [-0.25, -0.2) is 0 Å². The Kier molecular flexibility index (Phi) is 4.20. The van der Waals surface area contributed by atoms with Crippen molar-refractivity contribution in [2.24, 2.45) is 5.92 Å². The Morgan fingerprint density at radius 3 is 2.79 bits per heavy atom. The highest BCUT2D eigenvalue weighted by molar-refractivity contribution is 6.02. The van der Waals surface area contributed by atoms with Gasteiger partial charge in [0.25, 0.3) is 0 Å². The average molecular weight is 262 g/mol. The number of ketones is 1. The third-order valence-electron chi connectivity index (χ3n) is 3.37.